The van der Waals surface area contributed by atoms with Crippen LogP contribution in [0, 0.1) is 0 Å². The van der Waals surface area contributed by atoms with Crippen molar-refractivity contribution >= 4 is 5.78 Å². The van der Waals surface area contributed by atoms with Crippen molar-refractivity contribution in [1.82, 2.24) is 9.80 Å². The van der Waals surface area contributed by atoms with Crippen molar-refractivity contribution in [3.63, 3.8) is 0 Å². The number of hydrogen-bond acceptors (Lipinski definition) is 3. The highest BCUT2D eigenvalue weighted by molar-refractivity contribution is 5.93. The van der Waals surface area contributed by atoms with Crippen LogP contribution in [0.1, 0.15) is 28.4 Å². The summed E-state index contributed by atoms with van der Waals surface area (Å²) in [6.07, 6.45) is 1.05. The molecule has 0 saturated carbocycles. The number of hydrogen-bond donors (Lipinski definition) is 0. The Labute approximate surface area is 144 Å². The lowest BCUT2D eigenvalue weighted by Crippen LogP contribution is -2.46. The SMILES string of the molecule is CC(=O)c1ccc(CCN2CCN(Cc3ccccc3)CC2)cc1. The summed E-state index contributed by atoms with van der Waals surface area (Å²) in [5, 5.41) is 0. The van der Waals surface area contributed by atoms with E-state index in [4.69, 9.17) is 0 Å². The smallest absolute Gasteiger partial charge is 0.159 e. The molecular formula is C21H26N2O. The summed E-state index contributed by atoms with van der Waals surface area (Å²) in [5.74, 6) is 0.135. The van der Waals surface area contributed by atoms with Crippen molar-refractivity contribution in [2.24, 2.45) is 0 Å². The Morgan fingerprint density at radius 3 is 2.08 bits per heavy atom. The van der Waals surface area contributed by atoms with E-state index in [1.165, 1.54) is 11.1 Å². The minimum atomic E-state index is 0.135. The molecule has 0 spiro atoms. The van der Waals surface area contributed by atoms with Gasteiger partial charge in [-0.05, 0) is 24.5 Å². The van der Waals surface area contributed by atoms with Gasteiger partial charge in [-0.3, -0.25) is 9.69 Å². The van der Waals surface area contributed by atoms with Crippen LogP contribution < -0.4 is 0 Å². The number of carbonyl (C=O) groups excluding carboxylic acids is 1. The average Bonchev–Trinajstić information content (AvgIpc) is 2.62. The summed E-state index contributed by atoms with van der Waals surface area (Å²) in [6.45, 7) is 8.32. The topological polar surface area (TPSA) is 23.6 Å². The molecule has 1 saturated heterocycles. The molecule has 0 N–H and O–H groups in total. The third kappa shape index (κ3) is 4.76. The molecule has 1 aliphatic heterocycles. The number of rotatable bonds is 6. The lowest BCUT2D eigenvalue weighted by molar-refractivity contribution is 0.101. The second kappa shape index (κ2) is 8.22. The Morgan fingerprint density at radius 2 is 1.46 bits per heavy atom. The zero-order valence-electron chi connectivity index (χ0n) is 14.4. The van der Waals surface area contributed by atoms with Crippen LogP contribution in [0.3, 0.4) is 0 Å². The number of benzene rings is 2. The molecule has 2 aromatic rings. The van der Waals surface area contributed by atoms with Crippen LogP contribution in [0.25, 0.3) is 0 Å². The van der Waals surface area contributed by atoms with Crippen LogP contribution in [-0.2, 0) is 13.0 Å². The van der Waals surface area contributed by atoms with E-state index in [0.717, 1.165) is 51.3 Å². The Kier molecular flexibility index (Phi) is 5.78. The summed E-state index contributed by atoms with van der Waals surface area (Å²) in [6, 6.07) is 18.8. The largest absolute Gasteiger partial charge is 0.300 e. The molecule has 0 unspecified atom stereocenters. The molecule has 2 aromatic carbocycles. The second-order valence-electron chi connectivity index (χ2n) is 6.61. The fourth-order valence-corrected chi connectivity index (χ4v) is 3.21. The Bertz CT molecular complexity index is 643. The molecule has 3 nitrogen and oxygen atoms in total. The van der Waals surface area contributed by atoms with Gasteiger partial charge in [0.05, 0.1) is 0 Å². The maximum absolute atomic E-state index is 11.3. The molecule has 1 fully saturated rings. The van der Waals surface area contributed by atoms with E-state index in [1.54, 1.807) is 6.92 Å². The summed E-state index contributed by atoms with van der Waals surface area (Å²) in [4.78, 5) is 16.4. The van der Waals surface area contributed by atoms with E-state index in [9.17, 15) is 4.79 Å². The first-order valence-electron chi connectivity index (χ1n) is 8.79. The zero-order chi connectivity index (χ0) is 16.8. The summed E-state index contributed by atoms with van der Waals surface area (Å²) in [7, 11) is 0. The van der Waals surface area contributed by atoms with Gasteiger partial charge in [-0.15, -0.1) is 0 Å². The third-order valence-electron chi connectivity index (χ3n) is 4.79. The predicted molar refractivity (Wildman–Crippen MR) is 98.3 cm³/mol. The maximum Gasteiger partial charge on any atom is 0.159 e. The van der Waals surface area contributed by atoms with E-state index < -0.39 is 0 Å². The van der Waals surface area contributed by atoms with E-state index in [-0.39, 0.29) is 5.78 Å². The molecule has 0 atom stereocenters. The number of carbonyl (C=O) groups is 1. The van der Waals surface area contributed by atoms with Gasteiger partial charge in [0.1, 0.15) is 0 Å². The Hall–Kier alpha value is -1.97. The van der Waals surface area contributed by atoms with E-state index in [2.05, 4.69) is 52.3 Å². The Balaban J connectivity index is 1.41. The van der Waals surface area contributed by atoms with Crippen molar-refractivity contribution < 1.29 is 4.79 Å². The van der Waals surface area contributed by atoms with Gasteiger partial charge in [0, 0.05) is 44.8 Å². The molecule has 0 bridgehead atoms. The van der Waals surface area contributed by atoms with Crippen molar-refractivity contribution in [2.75, 3.05) is 32.7 Å². The summed E-state index contributed by atoms with van der Waals surface area (Å²) in [5.41, 5.74) is 3.51. The molecule has 0 amide bonds. The monoisotopic (exact) mass is 322 g/mol. The first-order valence-corrected chi connectivity index (χ1v) is 8.79. The van der Waals surface area contributed by atoms with E-state index >= 15 is 0 Å². The zero-order valence-corrected chi connectivity index (χ0v) is 14.4. The third-order valence-corrected chi connectivity index (χ3v) is 4.79. The molecular weight excluding hydrogens is 296 g/mol. The normalized spacial score (nSPS) is 16.2. The first kappa shape index (κ1) is 16.9. The predicted octanol–water partition coefficient (Wildman–Crippen LogP) is 3.25. The number of nitrogens with zero attached hydrogens (tertiary/aromatic N) is 2. The van der Waals surface area contributed by atoms with Gasteiger partial charge in [-0.2, -0.15) is 0 Å². The minimum Gasteiger partial charge on any atom is -0.300 e. The van der Waals surface area contributed by atoms with Crippen molar-refractivity contribution in [3.8, 4) is 0 Å². The number of ketones is 1. The van der Waals surface area contributed by atoms with Crippen LogP contribution >= 0.6 is 0 Å². The van der Waals surface area contributed by atoms with Crippen LogP contribution in [0.4, 0.5) is 0 Å². The molecule has 3 heteroatoms. The summed E-state index contributed by atoms with van der Waals surface area (Å²) >= 11 is 0. The highest BCUT2D eigenvalue weighted by Crippen LogP contribution is 2.10. The molecule has 3 rings (SSSR count). The van der Waals surface area contributed by atoms with Gasteiger partial charge in [-0.25, -0.2) is 0 Å². The van der Waals surface area contributed by atoms with Crippen LogP contribution in [0.15, 0.2) is 54.6 Å². The molecule has 126 valence electrons. The fourth-order valence-electron chi connectivity index (χ4n) is 3.21. The molecule has 1 heterocycles. The number of Topliss-reactive ketones (excluding diaryl/α,β-unsaturated/α-hetero) is 1. The van der Waals surface area contributed by atoms with Gasteiger partial charge in [0.2, 0.25) is 0 Å². The van der Waals surface area contributed by atoms with Crippen molar-refractivity contribution in [3.05, 3.63) is 71.3 Å². The van der Waals surface area contributed by atoms with Crippen LogP contribution in [-0.4, -0.2) is 48.3 Å². The standard InChI is InChI=1S/C21H26N2O/c1-18(24)21-9-7-19(8-10-21)11-12-22-13-15-23(16-14-22)17-20-5-3-2-4-6-20/h2-10H,11-17H2,1H3. The lowest BCUT2D eigenvalue weighted by atomic mass is 10.1. The quantitative estimate of drug-likeness (QED) is 0.763. The Morgan fingerprint density at radius 1 is 0.833 bits per heavy atom. The molecule has 0 radical (unpaired) electrons. The second-order valence-corrected chi connectivity index (χ2v) is 6.61. The molecule has 1 aliphatic rings. The lowest BCUT2D eigenvalue weighted by Gasteiger charge is -2.34. The maximum atomic E-state index is 11.3. The van der Waals surface area contributed by atoms with Gasteiger partial charge in [-0.1, -0.05) is 54.6 Å². The van der Waals surface area contributed by atoms with Crippen LogP contribution in [0.2, 0.25) is 0 Å². The first-order chi connectivity index (χ1) is 11.7. The fraction of sp³-hybridized carbons (Fsp3) is 0.381. The average molecular weight is 322 g/mol. The highest BCUT2D eigenvalue weighted by atomic mass is 16.1. The van der Waals surface area contributed by atoms with Gasteiger partial charge in [0.25, 0.3) is 0 Å². The number of piperazine rings is 1. The highest BCUT2D eigenvalue weighted by Gasteiger charge is 2.16. The van der Waals surface area contributed by atoms with E-state index in [1.807, 2.05) is 12.1 Å². The van der Waals surface area contributed by atoms with Crippen LogP contribution in [0.5, 0.6) is 0 Å². The molecule has 0 aliphatic carbocycles. The van der Waals surface area contributed by atoms with E-state index in [0.29, 0.717) is 0 Å². The van der Waals surface area contributed by atoms with Gasteiger partial charge >= 0.3 is 0 Å². The van der Waals surface area contributed by atoms with Gasteiger partial charge in [0.15, 0.2) is 5.78 Å². The molecule has 24 heavy (non-hydrogen) atoms. The minimum absolute atomic E-state index is 0.135. The van der Waals surface area contributed by atoms with Crippen molar-refractivity contribution in [1.29, 1.82) is 0 Å². The summed E-state index contributed by atoms with van der Waals surface area (Å²) < 4.78 is 0. The van der Waals surface area contributed by atoms with Gasteiger partial charge < -0.3 is 4.90 Å². The van der Waals surface area contributed by atoms with Crippen molar-refractivity contribution in [2.45, 2.75) is 19.9 Å². The molecule has 0 aromatic heterocycles.